The minimum absolute atomic E-state index is 0.368. The van der Waals surface area contributed by atoms with Crippen molar-refractivity contribution in [1.29, 1.82) is 0 Å². The number of hydrogen-bond acceptors (Lipinski definition) is 3. The average Bonchev–Trinajstić information content (AvgIpc) is 2.81. The van der Waals surface area contributed by atoms with Crippen molar-refractivity contribution < 1.29 is 9.13 Å². The quantitative estimate of drug-likeness (QED) is 0.784. The van der Waals surface area contributed by atoms with E-state index in [4.69, 9.17) is 4.74 Å². The molecule has 0 atom stereocenters. The number of nitrogens with zero attached hydrogens (tertiary/aromatic N) is 2. The van der Waals surface area contributed by atoms with Gasteiger partial charge in [0.2, 0.25) is 0 Å². The van der Waals surface area contributed by atoms with Gasteiger partial charge in [-0.05, 0) is 17.7 Å². The number of aromatic amines is 1. The molecule has 2 aromatic heterocycles. The van der Waals surface area contributed by atoms with Gasteiger partial charge in [-0.15, -0.1) is 0 Å². The minimum Gasteiger partial charge on any atom is -0.497 e. The highest BCUT2D eigenvalue weighted by Crippen LogP contribution is 2.16. The number of benzene rings is 1. The Balaban J connectivity index is 1.87. The summed E-state index contributed by atoms with van der Waals surface area (Å²) >= 11 is 0. The normalized spacial score (nSPS) is 10.8. The van der Waals surface area contributed by atoms with Crippen LogP contribution in [0.2, 0.25) is 0 Å². The highest BCUT2D eigenvalue weighted by Gasteiger charge is 2.06. The molecule has 0 saturated heterocycles. The van der Waals surface area contributed by atoms with Crippen LogP contribution in [0.15, 0.2) is 36.5 Å². The van der Waals surface area contributed by atoms with Gasteiger partial charge in [-0.2, -0.15) is 0 Å². The van der Waals surface area contributed by atoms with Crippen molar-refractivity contribution in [3.63, 3.8) is 0 Å². The molecule has 0 spiro atoms. The van der Waals surface area contributed by atoms with Crippen molar-refractivity contribution in [2.75, 3.05) is 7.11 Å². The van der Waals surface area contributed by atoms with Crippen molar-refractivity contribution in [2.24, 2.45) is 0 Å². The molecule has 3 rings (SSSR count). The predicted octanol–water partition coefficient (Wildman–Crippen LogP) is 2.70. The number of halogens is 1. The molecule has 96 valence electrons. The van der Waals surface area contributed by atoms with Crippen LogP contribution in [0.4, 0.5) is 4.39 Å². The molecule has 19 heavy (non-hydrogen) atoms. The topological polar surface area (TPSA) is 50.8 Å². The molecule has 0 aliphatic heterocycles. The Morgan fingerprint density at radius 2 is 2.05 bits per heavy atom. The summed E-state index contributed by atoms with van der Waals surface area (Å²) in [5.41, 5.74) is 2.24. The lowest BCUT2D eigenvalue weighted by atomic mass is 10.1. The van der Waals surface area contributed by atoms with Crippen LogP contribution in [0.5, 0.6) is 5.75 Å². The largest absolute Gasteiger partial charge is 0.497 e. The highest BCUT2D eigenvalue weighted by molar-refractivity contribution is 5.70. The Bertz CT molecular complexity index is 706. The Hall–Kier alpha value is -2.43. The number of fused-ring (bicyclic) bond motifs is 1. The summed E-state index contributed by atoms with van der Waals surface area (Å²) in [7, 11) is 1.63. The van der Waals surface area contributed by atoms with E-state index in [2.05, 4.69) is 15.0 Å². The molecule has 4 nitrogen and oxygen atoms in total. The van der Waals surface area contributed by atoms with Crippen LogP contribution in [0, 0.1) is 5.82 Å². The smallest absolute Gasteiger partial charge is 0.177 e. The van der Waals surface area contributed by atoms with Crippen LogP contribution in [0.1, 0.15) is 11.4 Å². The Morgan fingerprint density at radius 1 is 1.26 bits per heavy atom. The molecule has 0 unspecified atom stereocenters. The first-order chi connectivity index (χ1) is 9.24. The van der Waals surface area contributed by atoms with Gasteiger partial charge in [0.1, 0.15) is 17.4 Å². The number of H-pyrrole nitrogens is 1. The molecule has 5 heteroatoms. The predicted molar refractivity (Wildman–Crippen MR) is 69.6 cm³/mol. The summed E-state index contributed by atoms with van der Waals surface area (Å²) in [4.78, 5) is 11.3. The summed E-state index contributed by atoms with van der Waals surface area (Å²) in [6.45, 7) is 0. The van der Waals surface area contributed by atoms with Crippen LogP contribution in [0.3, 0.4) is 0 Å². The van der Waals surface area contributed by atoms with E-state index in [-0.39, 0.29) is 5.82 Å². The standard InChI is InChI=1S/C14H12FN3O/c1-19-11-4-2-9(3-5-11)6-13-17-12-7-10(15)8-16-14(12)18-13/h2-5,7-8H,6H2,1H3,(H,16,17,18). The van der Waals surface area contributed by atoms with E-state index < -0.39 is 0 Å². The number of rotatable bonds is 3. The average molecular weight is 257 g/mol. The third-order valence-corrected chi connectivity index (χ3v) is 2.88. The third kappa shape index (κ3) is 2.40. The van der Waals surface area contributed by atoms with Crippen molar-refractivity contribution in [1.82, 2.24) is 15.0 Å². The fourth-order valence-electron chi connectivity index (χ4n) is 1.94. The van der Waals surface area contributed by atoms with Gasteiger partial charge in [-0.1, -0.05) is 12.1 Å². The van der Waals surface area contributed by atoms with E-state index >= 15 is 0 Å². The van der Waals surface area contributed by atoms with Crippen LogP contribution in [0.25, 0.3) is 11.2 Å². The molecule has 0 aliphatic carbocycles. The van der Waals surface area contributed by atoms with Crippen molar-refractivity contribution in [2.45, 2.75) is 6.42 Å². The number of methoxy groups -OCH3 is 1. The molecule has 0 saturated carbocycles. The van der Waals surface area contributed by atoms with Gasteiger partial charge in [0.05, 0.1) is 18.8 Å². The Kier molecular flexibility index (Phi) is 2.87. The molecule has 0 fully saturated rings. The fourth-order valence-corrected chi connectivity index (χ4v) is 1.94. The Morgan fingerprint density at radius 3 is 2.79 bits per heavy atom. The first-order valence-electron chi connectivity index (χ1n) is 5.87. The van der Waals surface area contributed by atoms with E-state index in [0.717, 1.165) is 17.1 Å². The van der Waals surface area contributed by atoms with E-state index in [0.29, 0.717) is 17.6 Å². The van der Waals surface area contributed by atoms with Crippen molar-refractivity contribution >= 4 is 11.2 Å². The second kappa shape index (κ2) is 4.68. The third-order valence-electron chi connectivity index (χ3n) is 2.88. The lowest BCUT2D eigenvalue weighted by Crippen LogP contribution is -1.91. The van der Waals surface area contributed by atoms with Crippen molar-refractivity contribution in [3.05, 3.63) is 53.7 Å². The van der Waals surface area contributed by atoms with Crippen LogP contribution < -0.4 is 4.74 Å². The van der Waals surface area contributed by atoms with Gasteiger partial charge in [-0.3, -0.25) is 0 Å². The molecular formula is C14H12FN3O. The minimum atomic E-state index is -0.368. The fraction of sp³-hybridized carbons (Fsp3) is 0.143. The second-order valence-corrected chi connectivity index (χ2v) is 4.23. The molecule has 2 heterocycles. The molecule has 0 bridgehead atoms. The zero-order valence-corrected chi connectivity index (χ0v) is 10.4. The van der Waals surface area contributed by atoms with Gasteiger partial charge < -0.3 is 9.72 Å². The van der Waals surface area contributed by atoms with E-state index in [1.165, 1.54) is 12.3 Å². The van der Waals surface area contributed by atoms with Gasteiger partial charge in [0, 0.05) is 12.5 Å². The molecule has 0 amide bonds. The molecular weight excluding hydrogens is 245 g/mol. The maximum Gasteiger partial charge on any atom is 0.177 e. The first kappa shape index (κ1) is 11.6. The lowest BCUT2D eigenvalue weighted by molar-refractivity contribution is 0.414. The maximum absolute atomic E-state index is 13.0. The number of nitrogens with one attached hydrogen (secondary N) is 1. The molecule has 0 radical (unpaired) electrons. The SMILES string of the molecule is COc1ccc(Cc2nc3ncc(F)cc3[nH]2)cc1. The number of aromatic nitrogens is 3. The van der Waals surface area contributed by atoms with Crippen LogP contribution in [-0.4, -0.2) is 22.1 Å². The summed E-state index contributed by atoms with van der Waals surface area (Å²) < 4.78 is 18.1. The van der Waals surface area contributed by atoms with Gasteiger partial charge >= 0.3 is 0 Å². The number of imidazole rings is 1. The molecule has 1 aromatic carbocycles. The molecule has 0 aliphatic rings. The zero-order chi connectivity index (χ0) is 13.2. The lowest BCUT2D eigenvalue weighted by Gasteiger charge is -2.01. The van der Waals surface area contributed by atoms with E-state index in [1.54, 1.807) is 7.11 Å². The van der Waals surface area contributed by atoms with Crippen molar-refractivity contribution in [3.8, 4) is 5.75 Å². The summed E-state index contributed by atoms with van der Waals surface area (Å²) in [6, 6.07) is 9.14. The zero-order valence-electron chi connectivity index (χ0n) is 10.4. The maximum atomic E-state index is 13.0. The molecule has 1 N–H and O–H groups in total. The van der Waals surface area contributed by atoms with Gasteiger partial charge in [0.15, 0.2) is 5.65 Å². The summed E-state index contributed by atoms with van der Waals surface area (Å²) in [5.74, 6) is 1.21. The summed E-state index contributed by atoms with van der Waals surface area (Å²) in [5, 5.41) is 0. The number of hydrogen-bond donors (Lipinski definition) is 1. The van der Waals surface area contributed by atoms with Gasteiger partial charge in [-0.25, -0.2) is 14.4 Å². The first-order valence-corrected chi connectivity index (χ1v) is 5.87. The highest BCUT2D eigenvalue weighted by atomic mass is 19.1. The number of ether oxygens (including phenoxy) is 1. The summed E-state index contributed by atoms with van der Waals surface area (Å²) in [6.07, 6.45) is 1.81. The second-order valence-electron chi connectivity index (χ2n) is 4.23. The van der Waals surface area contributed by atoms with Crippen LogP contribution >= 0.6 is 0 Å². The Labute approximate surface area is 109 Å². The molecule has 3 aromatic rings. The van der Waals surface area contributed by atoms with E-state index in [1.807, 2.05) is 24.3 Å². The van der Waals surface area contributed by atoms with Gasteiger partial charge in [0.25, 0.3) is 0 Å². The number of pyridine rings is 1. The monoisotopic (exact) mass is 257 g/mol. The van der Waals surface area contributed by atoms with Crippen LogP contribution in [-0.2, 0) is 6.42 Å². The van der Waals surface area contributed by atoms with E-state index in [9.17, 15) is 4.39 Å².